The summed E-state index contributed by atoms with van der Waals surface area (Å²) in [6.07, 6.45) is 0. The fraction of sp³-hybridized carbons (Fsp3) is 0.357. The predicted octanol–water partition coefficient (Wildman–Crippen LogP) is 2.69. The third kappa shape index (κ3) is 4.16. The molecule has 0 atom stereocenters. The van der Waals surface area contributed by atoms with Gasteiger partial charge in [0.25, 0.3) is 5.91 Å². The highest BCUT2D eigenvalue weighted by Crippen LogP contribution is 2.26. The number of rotatable bonds is 6. The van der Waals surface area contributed by atoms with Crippen LogP contribution in [0.2, 0.25) is 0 Å². The summed E-state index contributed by atoms with van der Waals surface area (Å²) < 4.78 is 10.6. The van der Waals surface area contributed by atoms with Crippen molar-refractivity contribution in [3.05, 3.63) is 29.3 Å². The summed E-state index contributed by atoms with van der Waals surface area (Å²) >= 11 is 1.36. The van der Waals surface area contributed by atoms with Crippen molar-refractivity contribution < 1.29 is 14.3 Å². The lowest BCUT2D eigenvalue weighted by Gasteiger charge is -2.09. The molecular weight excluding hydrogens is 290 g/mol. The van der Waals surface area contributed by atoms with E-state index in [4.69, 9.17) is 9.47 Å². The molecule has 2 aromatic rings. The maximum atomic E-state index is 11.8. The van der Waals surface area contributed by atoms with Gasteiger partial charge in [-0.1, -0.05) is 37.3 Å². The van der Waals surface area contributed by atoms with Crippen molar-refractivity contribution in [3.8, 4) is 11.5 Å². The lowest BCUT2D eigenvalue weighted by molar-refractivity contribution is -0.118. The third-order valence-electron chi connectivity index (χ3n) is 2.61. The fourth-order valence-electron chi connectivity index (χ4n) is 1.56. The number of hydrogen-bond acceptors (Lipinski definition) is 6. The molecule has 0 aliphatic carbocycles. The first kappa shape index (κ1) is 15.2. The van der Waals surface area contributed by atoms with E-state index >= 15 is 0 Å². The zero-order chi connectivity index (χ0) is 15.2. The Bertz CT molecular complexity index is 613. The molecule has 0 saturated heterocycles. The van der Waals surface area contributed by atoms with Crippen LogP contribution in [0.3, 0.4) is 0 Å². The minimum Gasteiger partial charge on any atom is -0.493 e. The number of benzene rings is 1. The summed E-state index contributed by atoms with van der Waals surface area (Å²) in [4.78, 5) is 11.8. The average molecular weight is 307 g/mol. The minimum absolute atomic E-state index is 0.114. The minimum atomic E-state index is -0.285. The molecule has 6 nitrogen and oxygen atoms in total. The Hall–Kier alpha value is -2.15. The van der Waals surface area contributed by atoms with E-state index in [1.165, 1.54) is 11.3 Å². The molecule has 0 saturated carbocycles. The number of methoxy groups -OCH3 is 1. The molecule has 0 radical (unpaired) electrons. The Morgan fingerprint density at radius 1 is 1.29 bits per heavy atom. The zero-order valence-corrected chi connectivity index (χ0v) is 12.9. The van der Waals surface area contributed by atoms with Crippen LogP contribution in [0.4, 0.5) is 5.13 Å². The molecule has 0 aliphatic rings. The normalized spacial score (nSPS) is 10.5. The number of hydrogen-bond donors (Lipinski definition) is 1. The third-order valence-corrected chi connectivity index (χ3v) is 3.75. The summed E-state index contributed by atoms with van der Waals surface area (Å²) in [5.41, 5.74) is 0. The highest BCUT2D eigenvalue weighted by atomic mass is 32.1. The van der Waals surface area contributed by atoms with Gasteiger partial charge in [-0.3, -0.25) is 10.1 Å². The molecular formula is C14H17N3O3S. The molecule has 21 heavy (non-hydrogen) atoms. The first-order valence-corrected chi connectivity index (χ1v) is 7.31. The van der Waals surface area contributed by atoms with Gasteiger partial charge in [0, 0.05) is 5.92 Å². The maximum Gasteiger partial charge on any atom is 0.264 e. The van der Waals surface area contributed by atoms with Gasteiger partial charge in [-0.25, -0.2) is 0 Å². The van der Waals surface area contributed by atoms with Gasteiger partial charge in [0.05, 0.1) is 7.11 Å². The number of ether oxygens (including phenoxy) is 2. The second kappa shape index (κ2) is 7.03. The van der Waals surface area contributed by atoms with E-state index in [-0.39, 0.29) is 18.4 Å². The summed E-state index contributed by atoms with van der Waals surface area (Å²) in [7, 11) is 1.55. The molecule has 0 bridgehead atoms. The zero-order valence-electron chi connectivity index (χ0n) is 12.1. The molecule has 0 unspecified atom stereocenters. The molecule has 1 aromatic heterocycles. The van der Waals surface area contributed by atoms with Gasteiger partial charge in [-0.15, -0.1) is 10.2 Å². The Balaban J connectivity index is 1.89. The quantitative estimate of drug-likeness (QED) is 0.888. The van der Waals surface area contributed by atoms with Gasteiger partial charge in [0.2, 0.25) is 5.13 Å². The van der Waals surface area contributed by atoms with Gasteiger partial charge >= 0.3 is 0 Å². The molecule has 1 N–H and O–H groups in total. The highest BCUT2D eigenvalue weighted by Gasteiger charge is 2.11. The summed E-state index contributed by atoms with van der Waals surface area (Å²) in [5.74, 6) is 1.11. The van der Waals surface area contributed by atoms with Gasteiger partial charge in [-0.05, 0) is 12.1 Å². The van der Waals surface area contributed by atoms with E-state index in [9.17, 15) is 4.79 Å². The number of aromatic nitrogens is 2. The Labute approximate surface area is 127 Å². The van der Waals surface area contributed by atoms with Crippen molar-refractivity contribution in [2.75, 3.05) is 19.0 Å². The van der Waals surface area contributed by atoms with Crippen molar-refractivity contribution in [2.24, 2.45) is 0 Å². The predicted molar refractivity (Wildman–Crippen MR) is 81.1 cm³/mol. The first-order valence-electron chi connectivity index (χ1n) is 6.49. The molecule has 1 heterocycles. The van der Waals surface area contributed by atoms with Gasteiger partial charge < -0.3 is 9.47 Å². The fourth-order valence-corrected chi connectivity index (χ4v) is 2.32. The van der Waals surface area contributed by atoms with Crippen LogP contribution in [0, 0.1) is 0 Å². The molecule has 112 valence electrons. The second-order valence-corrected chi connectivity index (χ2v) is 5.60. The number of nitrogens with one attached hydrogen (secondary N) is 1. The van der Waals surface area contributed by atoms with Crippen LogP contribution in [0.25, 0.3) is 0 Å². The second-order valence-electron chi connectivity index (χ2n) is 4.59. The van der Waals surface area contributed by atoms with Gasteiger partial charge in [0.1, 0.15) is 5.01 Å². The van der Waals surface area contributed by atoms with Crippen LogP contribution in [0.5, 0.6) is 11.5 Å². The molecule has 0 fully saturated rings. The number of para-hydroxylation sites is 2. The summed E-state index contributed by atoms with van der Waals surface area (Å²) in [6.45, 7) is 3.94. The average Bonchev–Trinajstić information content (AvgIpc) is 2.94. The van der Waals surface area contributed by atoms with E-state index in [0.717, 1.165) is 5.01 Å². The number of carbonyl (C=O) groups excluding carboxylic acids is 1. The summed E-state index contributed by atoms with van der Waals surface area (Å²) in [6, 6.07) is 7.16. The SMILES string of the molecule is COc1ccccc1OCC(=O)Nc1nnc(C(C)C)s1. The van der Waals surface area contributed by atoms with E-state index in [1.54, 1.807) is 19.2 Å². The van der Waals surface area contributed by atoms with Crippen LogP contribution in [-0.4, -0.2) is 29.8 Å². The van der Waals surface area contributed by atoms with E-state index in [2.05, 4.69) is 15.5 Å². The van der Waals surface area contributed by atoms with Crippen molar-refractivity contribution in [2.45, 2.75) is 19.8 Å². The van der Waals surface area contributed by atoms with Gasteiger partial charge in [-0.2, -0.15) is 0 Å². The van der Waals surface area contributed by atoms with Crippen LogP contribution in [0.15, 0.2) is 24.3 Å². The van der Waals surface area contributed by atoms with E-state index in [0.29, 0.717) is 16.6 Å². The number of amides is 1. The molecule has 1 aromatic carbocycles. The van der Waals surface area contributed by atoms with Crippen LogP contribution < -0.4 is 14.8 Å². The van der Waals surface area contributed by atoms with Crippen LogP contribution in [-0.2, 0) is 4.79 Å². The Morgan fingerprint density at radius 2 is 2.00 bits per heavy atom. The Kier molecular flexibility index (Phi) is 5.10. The van der Waals surface area contributed by atoms with Crippen molar-refractivity contribution in [1.29, 1.82) is 0 Å². The van der Waals surface area contributed by atoms with Crippen molar-refractivity contribution in [3.63, 3.8) is 0 Å². The topological polar surface area (TPSA) is 73.3 Å². The molecule has 0 aliphatic heterocycles. The smallest absolute Gasteiger partial charge is 0.264 e. The number of nitrogens with zero attached hydrogens (tertiary/aromatic N) is 2. The van der Waals surface area contributed by atoms with Crippen molar-refractivity contribution in [1.82, 2.24) is 10.2 Å². The van der Waals surface area contributed by atoms with E-state index < -0.39 is 0 Å². The Morgan fingerprint density at radius 3 is 2.62 bits per heavy atom. The lowest BCUT2D eigenvalue weighted by atomic mass is 10.2. The van der Waals surface area contributed by atoms with Crippen LogP contribution in [0.1, 0.15) is 24.8 Å². The maximum absolute atomic E-state index is 11.8. The lowest BCUT2D eigenvalue weighted by Crippen LogP contribution is -2.20. The van der Waals surface area contributed by atoms with E-state index in [1.807, 2.05) is 26.0 Å². The summed E-state index contributed by atoms with van der Waals surface area (Å²) in [5, 5.41) is 12.0. The van der Waals surface area contributed by atoms with Crippen molar-refractivity contribution >= 4 is 22.4 Å². The largest absolute Gasteiger partial charge is 0.493 e. The van der Waals surface area contributed by atoms with Gasteiger partial charge in [0.15, 0.2) is 18.1 Å². The van der Waals surface area contributed by atoms with Crippen LogP contribution >= 0.6 is 11.3 Å². The molecule has 7 heteroatoms. The standard InChI is InChI=1S/C14H17N3O3S/c1-9(2)13-16-17-14(21-13)15-12(18)8-20-11-7-5-4-6-10(11)19-3/h4-7,9H,8H2,1-3H3,(H,15,17,18). The monoisotopic (exact) mass is 307 g/mol. The first-order chi connectivity index (χ1) is 10.1. The molecule has 1 amide bonds. The number of carbonyl (C=O) groups is 1. The molecule has 0 spiro atoms. The highest BCUT2D eigenvalue weighted by molar-refractivity contribution is 7.15. The molecule has 2 rings (SSSR count). The number of anilines is 1.